The van der Waals surface area contributed by atoms with Gasteiger partial charge in [0, 0.05) is 24.7 Å². The van der Waals surface area contributed by atoms with Crippen molar-refractivity contribution in [2.24, 2.45) is 0 Å². The van der Waals surface area contributed by atoms with Crippen LogP contribution in [0.5, 0.6) is 11.5 Å². The summed E-state index contributed by atoms with van der Waals surface area (Å²) in [6, 6.07) is 8.88. The van der Waals surface area contributed by atoms with Crippen molar-refractivity contribution in [3.63, 3.8) is 0 Å². The first-order valence-corrected chi connectivity index (χ1v) is 5.96. The van der Waals surface area contributed by atoms with Gasteiger partial charge in [0.1, 0.15) is 23.1 Å². The van der Waals surface area contributed by atoms with Crippen molar-refractivity contribution in [2.45, 2.75) is 13.5 Å². The lowest BCUT2D eigenvalue weighted by molar-refractivity contribution is 0.464. The van der Waals surface area contributed by atoms with E-state index in [0.29, 0.717) is 12.3 Å². The maximum absolute atomic E-state index is 13.1. The topological polar surface area (TPSA) is 21.3 Å². The van der Waals surface area contributed by atoms with Gasteiger partial charge < -0.3 is 10.1 Å². The van der Waals surface area contributed by atoms with Crippen LogP contribution in [0.2, 0.25) is 0 Å². The molecule has 0 aliphatic heterocycles. The van der Waals surface area contributed by atoms with Gasteiger partial charge in [-0.15, -0.1) is 0 Å². The third kappa shape index (κ3) is 3.51. The molecule has 0 aromatic heterocycles. The van der Waals surface area contributed by atoms with Gasteiger partial charge in [0.25, 0.3) is 0 Å². The molecule has 0 saturated carbocycles. The van der Waals surface area contributed by atoms with E-state index in [-0.39, 0.29) is 5.75 Å². The summed E-state index contributed by atoms with van der Waals surface area (Å²) >= 11 is 0. The quantitative estimate of drug-likeness (QED) is 0.906. The van der Waals surface area contributed by atoms with E-state index in [4.69, 9.17) is 4.74 Å². The summed E-state index contributed by atoms with van der Waals surface area (Å²) in [5, 5.41) is 3.04. The lowest BCUT2D eigenvalue weighted by atomic mass is 10.1. The molecule has 0 fully saturated rings. The predicted octanol–water partition coefficient (Wildman–Crippen LogP) is 3.78. The minimum absolute atomic E-state index is 0.155. The van der Waals surface area contributed by atoms with Crippen molar-refractivity contribution >= 4 is 0 Å². The van der Waals surface area contributed by atoms with E-state index >= 15 is 0 Å². The van der Waals surface area contributed by atoms with Crippen molar-refractivity contribution in [3.05, 3.63) is 59.2 Å². The fourth-order valence-electron chi connectivity index (χ4n) is 1.78. The van der Waals surface area contributed by atoms with Gasteiger partial charge in [0.15, 0.2) is 0 Å². The van der Waals surface area contributed by atoms with Crippen LogP contribution in [0, 0.1) is 18.6 Å². The Morgan fingerprint density at radius 3 is 2.37 bits per heavy atom. The van der Waals surface area contributed by atoms with Crippen molar-refractivity contribution in [3.8, 4) is 11.5 Å². The van der Waals surface area contributed by atoms with Crippen LogP contribution >= 0.6 is 0 Å². The largest absolute Gasteiger partial charge is 0.457 e. The average Bonchev–Trinajstić information content (AvgIpc) is 2.32. The second-order valence-electron chi connectivity index (χ2n) is 4.34. The molecule has 19 heavy (non-hydrogen) atoms. The van der Waals surface area contributed by atoms with E-state index in [9.17, 15) is 8.78 Å². The molecule has 0 saturated heterocycles. The second kappa shape index (κ2) is 5.80. The van der Waals surface area contributed by atoms with Gasteiger partial charge in [-0.25, -0.2) is 8.78 Å². The summed E-state index contributed by atoms with van der Waals surface area (Å²) in [4.78, 5) is 0. The van der Waals surface area contributed by atoms with E-state index in [1.165, 1.54) is 0 Å². The summed E-state index contributed by atoms with van der Waals surface area (Å²) in [5.74, 6) is -0.557. The number of halogens is 2. The Hall–Kier alpha value is -1.94. The summed E-state index contributed by atoms with van der Waals surface area (Å²) < 4.78 is 31.8. The number of benzene rings is 2. The summed E-state index contributed by atoms with van der Waals surface area (Å²) in [7, 11) is 1.85. The Balaban J connectivity index is 2.28. The van der Waals surface area contributed by atoms with Crippen LogP contribution in [0.15, 0.2) is 36.4 Å². The fraction of sp³-hybridized carbons (Fsp3) is 0.200. The van der Waals surface area contributed by atoms with Gasteiger partial charge in [-0.1, -0.05) is 12.1 Å². The van der Waals surface area contributed by atoms with Crippen LogP contribution in [0.25, 0.3) is 0 Å². The van der Waals surface area contributed by atoms with Gasteiger partial charge in [-0.2, -0.15) is 0 Å². The fourth-order valence-corrected chi connectivity index (χ4v) is 1.78. The van der Waals surface area contributed by atoms with Crippen molar-refractivity contribution in [2.75, 3.05) is 7.05 Å². The predicted molar refractivity (Wildman–Crippen MR) is 70.4 cm³/mol. The maximum Gasteiger partial charge on any atom is 0.133 e. The van der Waals surface area contributed by atoms with Gasteiger partial charge >= 0.3 is 0 Å². The van der Waals surface area contributed by atoms with Gasteiger partial charge in [-0.05, 0) is 31.2 Å². The number of hydrogen-bond acceptors (Lipinski definition) is 2. The smallest absolute Gasteiger partial charge is 0.133 e. The van der Waals surface area contributed by atoms with Crippen molar-refractivity contribution in [1.29, 1.82) is 0 Å². The highest BCUT2D eigenvalue weighted by Gasteiger charge is 2.06. The van der Waals surface area contributed by atoms with Crippen LogP contribution in [0.1, 0.15) is 11.1 Å². The lowest BCUT2D eigenvalue weighted by Crippen LogP contribution is -2.05. The van der Waals surface area contributed by atoms with E-state index < -0.39 is 11.6 Å². The van der Waals surface area contributed by atoms with Crippen LogP contribution in [0.3, 0.4) is 0 Å². The number of ether oxygens (including phenoxy) is 1. The monoisotopic (exact) mass is 263 g/mol. The number of aryl methyl sites for hydroxylation is 1. The van der Waals surface area contributed by atoms with Gasteiger partial charge in [-0.3, -0.25) is 0 Å². The second-order valence-corrected chi connectivity index (χ2v) is 4.34. The highest BCUT2D eigenvalue weighted by atomic mass is 19.1. The zero-order chi connectivity index (χ0) is 13.8. The molecule has 1 N–H and O–H groups in total. The molecule has 0 bridgehead atoms. The van der Waals surface area contributed by atoms with E-state index in [0.717, 1.165) is 29.3 Å². The molecular formula is C15H15F2NO. The molecule has 0 unspecified atom stereocenters. The average molecular weight is 263 g/mol. The van der Waals surface area contributed by atoms with Crippen molar-refractivity contribution < 1.29 is 13.5 Å². The zero-order valence-electron chi connectivity index (χ0n) is 10.8. The Labute approximate surface area is 111 Å². The zero-order valence-corrected chi connectivity index (χ0v) is 10.8. The third-order valence-corrected chi connectivity index (χ3v) is 2.70. The first kappa shape index (κ1) is 13.5. The Morgan fingerprint density at radius 1 is 1.05 bits per heavy atom. The molecule has 2 aromatic carbocycles. The molecule has 0 aliphatic rings. The number of hydrogen-bond donors (Lipinski definition) is 1. The van der Waals surface area contributed by atoms with Crippen LogP contribution in [-0.2, 0) is 6.54 Å². The summed E-state index contributed by atoms with van der Waals surface area (Å²) in [6.07, 6.45) is 0. The van der Waals surface area contributed by atoms with E-state index in [2.05, 4.69) is 5.32 Å². The van der Waals surface area contributed by atoms with E-state index in [1.807, 2.05) is 32.2 Å². The SMILES string of the molecule is CNCc1ccc(C)c(Oc2cc(F)cc(F)c2)c1. The summed E-state index contributed by atoms with van der Waals surface area (Å²) in [6.45, 7) is 2.59. The molecule has 0 aliphatic carbocycles. The Kier molecular flexibility index (Phi) is 4.12. The molecule has 2 aromatic rings. The number of rotatable bonds is 4. The van der Waals surface area contributed by atoms with Crippen LogP contribution < -0.4 is 10.1 Å². The molecule has 0 heterocycles. The first-order chi connectivity index (χ1) is 9.08. The molecule has 0 radical (unpaired) electrons. The molecule has 0 atom stereocenters. The molecule has 2 nitrogen and oxygen atoms in total. The standard InChI is InChI=1S/C15H15F2NO/c1-10-3-4-11(9-18-2)5-15(10)19-14-7-12(16)6-13(17)8-14/h3-8,18H,9H2,1-2H3. The molecule has 0 spiro atoms. The van der Waals surface area contributed by atoms with Gasteiger partial charge in [0.2, 0.25) is 0 Å². The minimum Gasteiger partial charge on any atom is -0.457 e. The summed E-state index contributed by atoms with van der Waals surface area (Å²) in [5.41, 5.74) is 1.95. The Bertz CT molecular complexity index is 564. The Morgan fingerprint density at radius 2 is 1.74 bits per heavy atom. The highest BCUT2D eigenvalue weighted by Crippen LogP contribution is 2.27. The molecule has 100 valence electrons. The van der Waals surface area contributed by atoms with Crippen LogP contribution in [0.4, 0.5) is 8.78 Å². The highest BCUT2D eigenvalue weighted by molar-refractivity contribution is 5.40. The normalized spacial score (nSPS) is 10.5. The molecular weight excluding hydrogens is 248 g/mol. The molecule has 0 amide bonds. The molecule has 4 heteroatoms. The minimum atomic E-state index is -0.654. The lowest BCUT2D eigenvalue weighted by Gasteiger charge is -2.11. The third-order valence-electron chi connectivity index (χ3n) is 2.70. The first-order valence-electron chi connectivity index (χ1n) is 5.96. The van der Waals surface area contributed by atoms with Crippen molar-refractivity contribution in [1.82, 2.24) is 5.32 Å². The molecule has 2 rings (SSSR count). The number of nitrogens with one attached hydrogen (secondary N) is 1. The van der Waals surface area contributed by atoms with E-state index in [1.54, 1.807) is 0 Å². The van der Waals surface area contributed by atoms with Crippen LogP contribution in [-0.4, -0.2) is 7.05 Å². The maximum atomic E-state index is 13.1. The van der Waals surface area contributed by atoms with Gasteiger partial charge in [0.05, 0.1) is 0 Å².